The Balaban J connectivity index is 2.03. The third-order valence-electron chi connectivity index (χ3n) is 3.20. The molecular formula is C13H23NO2. The minimum absolute atomic E-state index is 0.196. The van der Waals surface area contributed by atoms with Crippen LogP contribution in [0.4, 0.5) is 0 Å². The van der Waals surface area contributed by atoms with E-state index in [-0.39, 0.29) is 5.97 Å². The second kappa shape index (κ2) is 6.66. The molecule has 16 heavy (non-hydrogen) atoms. The molecule has 0 bridgehead atoms. The molecular weight excluding hydrogens is 202 g/mol. The van der Waals surface area contributed by atoms with E-state index in [0.717, 1.165) is 12.8 Å². The van der Waals surface area contributed by atoms with E-state index in [1.54, 1.807) is 0 Å². The first kappa shape index (κ1) is 13.2. The van der Waals surface area contributed by atoms with Crippen LogP contribution >= 0.6 is 0 Å². The number of rotatable bonds is 8. The fourth-order valence-corrected chi connectivity index (χ4v) is 1.96. The highest BCUT2D eigenvalue weighted by atomic mass is 16.5. The molecule has 0 amide bonds. The number of aliphatic imine (C=N–C) groups is 1. The summed E-state index contributed by atoms with van der Waals surface area (Å²) in [5, 5.41) is 0. The number of esters is 1. The summed E-state index contributed by atoms with van der Waals surface area (Å²) in [7, 11) is 0. The summed E-state index contributed by atoms with van der Waals surface area (Å²) in [6.45, 7) is 4.08. The summed E-state index contributed by atoms with van der Waals surface area (Å²) in [5.41, 5.74) is -0.594. The van der Waals surface area contributed by atoms with Gasteiger partial charge < -0.3 is 4.74 Å². The Hall–Kier alpha value is -0.860. The molecule has 0 saturated heterocycles. The largest absolute Gasteiger partial charge is 0.413 e. The highest BCUT2D eigenvalue weighted by Crippen LogP contribution is 2.24. The van der Waals surface area contributed by atoms with Crippen molar-refractivity contribution in [1.82, 2.24) is 0 Å². The molecule has 0 aromatic carbocycles. The normalized spacial score (nSPS) is 23.8. The van der Waals surface area contributed by atoms with Gasteiger partial charge in [-0.25, -0.2) is 9.79 Å². The summed E-state index contributed by atoms with van der Waals surface area (Å²) in [4.78, 5) is 15.5. The number of carbonyl (C=O) groups excluding carboxylic acids is 1. The van der Waals surface area contributed by atoms with Crippen molar-refractivity contribution in [3.8, 4) is 0 Å². The summed E-state index contributed by atoms with van der Waals surface area (Å²) < 4.78 is 4.75. The Kier molecular flexibility index (Phi) is 5.50. The van der Waals surface area contributed by atoms with Gasteiger partial charge in [0.05, 0.1) is 0 Å². The van der Waals surface area contributed by atoms with Gasteiger partial charge >= 0.3 is 5.97 Å². The van der Waals surface area contributed by atoms with Crippen molar-refractivity contribution in [2.75, 3.05) is 0 Å². The van der Waals surface area contributed by atoms with Crippen LogP contribution in [0.25, 0.3) is 0 Å². The molecule has 1 unspecified atom stereocenters. The molecule has 3 nitrogen and oxygen atoms in total. The molecule has 0 N–H and O–H groups in total. The van der Waals surface area contributed by atoms with Gasteiger partial charge in [0.15, 0.2) is 11.9 Å². The topological polar surface area (TPSA) is 38.7 Å². The zero-order valence-electron chi connectivity index (χ0n) is 10.5. The fourth-order valence-electron chi connectivity index (χ4n) is 1.96. The lowest BCUT2D eigenvalue weighted by molar-refractivity contribution is -0.138. The highest BCUT2D eigenvalue weighted by molar-refractivity contribution is 5.91. The predicted molar refractivity (Wildman–Crippen MR) is 65.6 cm³/mol. The van der Waals surface area contributed by atoms with Crippen LogP contribution in [0.1, 0.15) is 65.2 Å². The van der Waals surface area contributed by atoms with Gasteiger partial charge in [-0.3, -0.25) is 0 Å². The van der Waals surface area contributed by atoms with Crippen LogP contribution in [0.2, 0.25) is 0 Å². The van der Waals surface area contributed by atoms with Crippen LogP contribution in [0.5, 0.6) is 0 Å². The Labute approximate surface area is 98.3 Å². The first-order valence-corrected chi connectivity index (χ1v) is 6.44. The van der Waals surface area contributed by atoms with Gasteiger partial charge in [-0.2, -0.15) is 0 Å². The molecule has 0 radical (unpaired) electrons. The number of hydrogen-bond acceptors (Lipinski definition) is 3. The maximum atomic E-state index is 11.4. The van der Waals surface area contributed by atoms with Crippen LogP contribution in [0.15, 0.2) is 4.99 Å². The van der Waals surface area contributed by atoms with Gasteiger partial charge in [0.2, 0.25) is 0 Å². The third-order valence-corrected chi connectivity index (χ3v) is 3.20. The van der Waals surface area contributed by atoms with Crippen molar-refractivity contribution in [1.29, 1.82) is 0 Å². The molecule has 0 fully saturated rings. The summed E-state index contributed by atoms with van der Waals surface area (Å²) in [6, 6.07) is 0. The summed E-state index contributed by atoms with van der Waals surface area (Å²) in [6.07, 6.45) is 10.9. The average Bonchev–Trinajstić information content (AvgIpc) is 2.59. The van der Waals surface area contributed by atoms with E-state index >= 15 is 0 Å². The first-order chi connectivity index (χ1) is 7.69. The van der Waals surface area contributed by atoms with Gasteiger partial charge in [0.1, 0.15) is 0 Å². The van der Waals surface area contributed by atoms with Crippen molar-refractivity contribution in [2.45, 2.75) is 70.8 Å². The maximum absolute atomic E-state index is 11.4. The van der Waals surface area contributed by atoms with Gasteiger partial charge in [-0.1, -0.05) is 51.9 Å². The molecule has 3 heteroatoms. The number of nitrogens with zero attached hydrogens (tertiary/aromatic N) is 1. The molecule has 92 valence electrons. The predicted octanol–water partition coefficient (Wildman–Crippen LogP) is 3.47. The Morgan fingerprint density at radius 3 is 2.38 bits per heavy atom. The number of ether oxygens (including phenoxy) is 1. The van der Waals surface area contributed by atoms with E-state index in [2.05, 4.69) is 11.9 Å². The molecule has 1 rings (SSSR count). The van der Waals surface area contributed by atoms with Crippen LogP contribution in [0.3, 0.4) is 0 Å². The van der Waals surface area contributed by atoms with Gasteiger partial charge in [0.25, 0.3) is 0 Å². The summed E-state index contributed by atoms with van der Waals surface area (Å²) in [5.74, 6) is -0.196. The molecule has 0 aromatic heterocycles. The van der Waals surface area contributed by atoms with Gasteiger partial charge in [-0.15, -0.1) is 0 Å². The van der Waals surface area contributed by atoms with Crippen molar-refractivity contribution >= 4 is 12.4 Å². The van der Waals surface area contributed by atoms with Crippen LogP contribution in [-0.4, -0.2) is 17.9 Å². The molecule has 1 aliphatic heterocycles. The van der Waals surface area contributed by atoms with Crippen molar-refractivity contribution in [3.63, 3.8) is 0 Å². The molecule has 0 spiro atoms. The van der Waals surface area contributed by atoms with Gasteiger partial charge in [-0.05, 0) is 13.3 Å². The monoisotopic (exact) mass is 225 g/mol. The molecule has 1 aliphatic rings. The first-order valence-electron chi connectivity index (χ1n) is 6.44. The lowest BCUT2D eigenvalue weighted by Crippen LogP contribution is -2.29. The molecule has 0 aliphatic carbocycles. The quantitative estimate of drug-likeness (QED) is 0.468. The SMILES string of the molecule is CCCCCCCCCC1(C)N=COC1=O. The zero-order chi connectivity index (χ0) is 11.9. The van der Waals surface area contributed by atoms with E-state index < -0.39 is 5.54 Å². The minimum Gasteiger partial charge on any atom is -0.413 e. The lowest BCUT2D eigenvalue weighted by atomic mass is 9.95. The van der Waals surface area contributed by atoms with Crippen molar-refractivity contribution in [2.24, 2.45) is 4.99 Å². The number of cyclic esters (lactones) is 1. The van der Waals surface area contributed by atoms with E-state index in [1.165, 1.54) is 44.9 Å². The number of unbranched alkanes of at least 4 members (excludes halogenated alkanes) is 6. The van der Waals surface area contributed by atoms with Gasteiger partial charge in [0, 0.05) is 0 Å². The second-order valence-corrected chi connectivity index (χ2v) is 4.78. The zero-order valence-corrected chi connectivity index (χ0v) is 10.5. The van der Waals surface area contributed by atoms with Crippen LogP contribution < -0.4 is 0 Å². The third kappa shape index (κ3) is 3.95. The molecule has 0 aromatic rings. The Bertz CT molecular complexity index is 250. The molecule has 0 saturated carbocycles. The lowest BCUT2D eigenvalue weighted by Gasteiger charge is -2.15. The van der Waals surface area contributed by atoms with Crippen LogP contribution in [0, 0.1) is 0 Å². The number of carbonyl (C=O) groups is 1. The standard InChI is InChI=1S/C13H23NO2/c1-3-4-5-6-7-8-9-10-13(2)12(15)16-11-14-13/h11H,3-10H2,1-2H3. The average molecular weight is 225 g/mol. The Morgan fingerprint density at radius 2 is 1.81 bits per heavy atom. The van der Waals surface area contributed by atoms with Crippen molar-refractivity contribution in [3.05, 3.63) is 0 Å². The number of hydrogen-bond donors (Lipinski definition) is 0. The molecule has 1 heterocycles. The minimum atomic E-state index is -0.594. The fraction of sp³-hybridized carbons (Fsp3) is 0.846. The molecule has 1 atom stereocenters. The van der Waals surface area contributed by atoms with E-state index in [1.807, 2.05) is 6.92 Å². The maximum Gasteiger partial charge on any atom is 0.340 e. The van der Waals surface area contributed by atoms with E-state index in [4.69, 9.17) is 4.74 Å². The van der Waals surface area contributed by atoms with E-state index in [0.29, 0.717) is 0 Å². The summed E-state index contributed by atoms with van der Waals surface area (Å²) >= 11 is 0. The Morgan fingerprint density at radius 1 is 1.19 bits per heavy atom. The second-order valence-electron chi connectivity index (χ2n) is 4.78. The smallest absolute Gasteiger partial charge is 0.340 e. The van der Waals surface area contributed by atoms with Crippen LogP contribution in [-0.2, 0) is 9.53 Å². The van der Waals surface area contributed by atoms with E-state index in [9.17, 15) is 4.79 Å². The van der Waals surface area contributed by atoms with Crippen molar-refractivity contribution < 1.29 is 9.53 Å². The highest BCUT2D eigenvalue weighted by Gasteiger charge is 2.36.